The molecule has 0 spiro atoms. The molecule has 0 aliphatic heterocycles. The molecule has 0 aromatic carbocycles. The SMILES string of the molecule is CCC(C)CN(CC)CCCCC(C)(NC1CC1)C(N)=O. The van der Waals surface area contributed by atoms with Gasteiger partial charge >= 0.3 is 0 Å². The normalized spacial score (nSPS) is 19.5. The molecule has 0 aromatic rings. The Kier molecular flexibility index (Phi) is 7.67. The molecule has 0 radical (unpaired) electrons. The Labute approximate surface area is 130 Å². The van der Waals surface area contributed by atoms with Crippen LogP contribution in [0.15, 0.2) is 0 Å². The number of amides is 1. The van der Waals surface area contributed by atoms with Gasteiger partial charge in [0.1, 0.15) is 0 Å². The first-order chi connectivity index (χ1) is 9.91. The molecule has 0 saturated heterocycles. The molecular weight excluding hydrogens is 262 g/mol. The van der Waals surface area contributed by atoms with E-state index in [0.29, 0.717) is 6.04 Å². The lowest BCUT2D eigenvalue weighted by Crippen LogP contribution is -2.54. The molecule has 1 saturated carbocycles. The Balaban J connectivity index is 2.27. The predicted octanol–water partition coefficient (Wildman–Crippen LogP) is 2.52. The van der Waals surface area contributed by atoms with Crippen LogP contribution in [-0.4, -0.2) is 42.0 Å². The van der Waals surface area contributed by atoms with Crippen LogP contribution >= 0.6 is 0 Å². The summed E-state index contributed by atoms with van der Waals surface area (Å²) in [6.45, 7) is 12.2. The van der Waals surface area contributed by atoms with Crippen molar-refractivity contribution < 1.29 is 4.79 Å². The quantitative estimate of drug-likeness (QED) is 0.544. The summed E-state index contributed by atoms with van der Waals surface area (Å²) >= 11 is 0. The number of hydrogen-bond acceptors (Lipinski definition) is 3. The summed E-state index contributed by atoms with van der Waals surface area (Å²) in [7, 11) is 0. The highest BCUT2D eigenvalue weighted by atomic mass is 16.1. The van der Waals surface area contributed by atoms with Crippen molar-refractivity contribution in [2.24, 2.45) is 11.7 Å². The van der Waals surface area contributed by atoms with Crippen LogP contribution in [0.2, 0.25) is 0 Å². The molecule has 21 heavy (non-hydrogen) atoms. The van der Waals surface area contributed by atoms with Crippen molar-refractivity contribution in [1.82, 2.24) is 10.2 Å². The van der Waals surface area contributed by atoms with E-state index in [-0.39, 0.29) is 5.91 Å². The molecular formula is C17H35N3O. The molecule has 0 heterocycles. The molecule has 0 aromatic heterocycles. The Morgan fingerprint density at radius 3 is 2.52 bits per heavy atom. The van der Waals surface area contributed by atoms with Crippen LogP contribution in [0, 0.1) is 5.92 Å². The van der Waals surface area contributed by atoms with Crippen LogP contribution in [0.3, 0.4) is 0 Å². The van der Waals surface area contributed by atoms with Crippen molar-refractivity contribution in [3.63, 3.8) is 0 Å². The molecule has 3 N–H and O–H groups in total. The topological polar surface area (TPSA) is 58.4 Å². The van der Waals surface area contributed by atoms with Crippen molar-refractivity contribution >= 4 is 5.91 Å². The second kappa shape index (κ2) is 8.74. The minimum Gasteiger partial charge on any atom is -0.368 e. The van der Waals surface area contributed by atoms with Gasteiger partial charge in [-0.25, -0.2) is 0 Å². The molecule has 4 nitrogen and oxygen atoms in total. The number of nitrogens with one attached hydrogen (secondary N) is 1. The lowest BCUT2D eigenvalue weighted by atomic mass is 9.93. The van der Waals surface area contributed by atoms with Crippen molar-refractivity contribution in [3.05, 3.63) is 0 Å². The summed E-state index contributed by atoms with van der Waals surface area (Å²) in [6, 6.07) is 0.514. The Morgan fingerprint density at radius 1 is 1.38 bits per heavy atom. The number of primary amides is 1. The molecule has 124 valence electrons. The highest BCUT2D eigenvalue weighted by Crippen LogP contribution is 2.25. The van der Waals surface area contributed by atoms with Crippen LogP contribution in [0.4, 0.5) is 0 Å². The summed E-state index contributed by atoms with van der Waals surface area (Å²) < 4.78 is 0. The summed E-state index contributed by atoms with van der Waals surface area (Å²) in [5, 5.41) is 3.42. The Hall–Kier alpha value is -0.610. The molecule has 2 atom stereocenters. The standard InChI is InChI=1S/C17H35N3O/c1-5-14(3)13-20(6-2)12-8-7-11-17(4,16(18)21)19-15-9-10-15/h14-15,19H,5-13H2,1-4H3,(H2,18,21). The Bertz CT molecular complexity index is 317. The lowest BCUT2D eigenvalue weighted by molar-refractivity contribution is -0.124. The molecule has 1 rings (SSSR count). The lowest BCUT2D eigenvalue weighted by Gasteiger charge is -2.28. The van der Waals surface area contributed by atoms with E-state index in [1.54, 1.807) is 0 Å². The van der Waals surface area contributed by atoms with E-state index < -0.39 is 5.54 Å². The highest BCUT2D eigenvalue weighted by Gasteiger charge is 2.36. The first-order valence-corrected chi connectivity index (χ1v) is 8.71. The fourth-order valence-electron chi connectivity index (χ4n) is 2.71. The van der Waals surface area contributed by atoms with Gasteiger partial charge in [0.05, 0.1) is 5.54 Å². The smallest absolute Gasteiger partial charge is 0.237 e. The zero-order chi connectivity index (χ0) is 15.9. The predicted molar refractivity (Wildman–Crippen MR) is 89.2 cm³/mol. The minimum absolute atomic E-state index is 0.207. The Morgan fingerprint density at radius 2 is 2.05 bits per heavy atom. The largest absolute Gasteiger partial charge is 0.368 e. The van der Waals surface area contributed by atoms with E-state index >= 15 is 0 Å². The zero-order valence-corrected chi connectivity index (χ0v) is 14.5. The van der Waals surface area contributed by atoms with Gasteiger partial charge in [0.25, 0.3) is 0 Å². The number of unbranched alkanes of at least 4 members (excludes halogenated alkanes) is 1. The molecule has 0 bridgehead atoms. The number of hydrogen-bond donors (Lipinski definition) is 2. The van der Waals surface area contributed by atoms with Crippen molar-refractivity contribution in [2.75, 3.05) is 19.6 Å². The third kappa shape index (κ3) is 6.79. The molecule has 1 aliphatic rings. The first-order valence-electron chi connectivity index (χ1n) is 8.71. The van der Waals surface area contributed by atoms with Gasteiger partial charge in [0, 0.05) is 12.6 Å². The van der Waals surface area contributed by atoms with E-state index in [4.69, 9.17) is 5.73 Å². The van der Waals surface area contributed by atoms with Crippen LogP contribution in [-0.2, 0) is 4.79 Å². The van der Waals surface area contributed by atoms with Gasteiger partial charge in [-0.2, -0.15) is 0 Å². The molecule has 1 amide bonds. The van der Waals surface area contributed by atoms with Crippen LogP contribution in [0.1, 0.15) is 66.2 Å². The van der Waals surface area contributed by atoms with Gasteiger partial charge in [0.2, 0.25) is 5.91 Å². The molecule has 2 unspecified atom stereocenters. The van der Waals surface area contributed by atoms with E-state index in [9.17, 15) is 4.79 Å². The fraction of sp³-hybridized carbons (Fsp3) is 0.941. The van der Waals surface area contributed by atoms with E-state index in [0.717, 1.165) is 38.3 Å². The van der Waals surface area contributed by atoms with Gasteiger partial charge in [0.15, 0.2) is 0 Å². The summed E-state index contributed by atoms with van der Waals surface area (Å²) in [4.78, 5) is 14.2. The van der Waals surface area contributed by atoms with Crippen molar-refractivity contribution in [2.45, 2.75) is 77.8 Å². The van der Waals surface area contributed by atoms with E-state index in [2.05, 4.69) is 31.0 Å². The van der Waals surface area contributed by atoms with E-state index in [1.807, 2.05) is 6.92 Å². The first kappa shape index (κ1) is 18.4. The molecule has 4 heteroatoms. The number of carbonyl (C=O) groups is 1. The van der Waals surface area contributed by atoms with Gasteiger partial charge in [-0.15, -0.1) is 0 Å². The van der Waals surface area contributed by atoms with Gasteiger partial charge in [-0.1, -0.05) is 27.2 Å². The number of rotatable bonds is 12. The third-order valence-corrected chi connectivity index (χ3v) is 4.76. The molecule has 1 aliphatic carbocycles. The monoisotopic (exact) mass is 297 g/mol. The second-order valence-electron chi connectivity index (χ2n) is 6.98. The average molecular weight is 297 g/mol. The summed E-state index contributed by atoms with van der Waals surface area (Å²) in [5.41, 5.74) is 5.07. The fourth-order valence-corrected chi connectivity index (χ4v) is 2.71. The van der Waals surface area contributed by atoms with Crippen LogP contribution < -0.4 is 11.1 Å². The maximum atomic E-state index is 11.7. The maximum absolute atomic E-state index is 11.7. The average Bonchev–Trinajstić information content (AvgIpc) is 3.25. The summed E-state index contributed by atoms with van der Waals surface area (Å²) in [6.07, 6.45) is 6.64. The molecule has 1 fully saturated rings. The van der Waals surface area contributed by atoms with Crippen LogP contribution in [0.25, 0.3) is 0 Å². The van der Waals surface area contributed by atoms with Crippen molar-refractivity contribution in [1.29, 1.82) is 0 Å². The zero-order valence-electron chi connectivity index (χ0n) is 14.5. The van der Waals surface area contributed by atoms with Gasteiger partial charge in [-0.05, 0) is 58.0 Å². The number of nitrogens with zero attached hydrogens (tertiary/aromatic N) is 1. The number of nitrogens with two attached hydrogens (primary N) is 1. The minimum atomic E-state index is -0.519. The number of carbonyl (C=O) groups excluding carboxylic acids is 1. The summed E-state index contributed by atoms with van der Waals surface area (Å²) in [5.74, 6) is 0.554. The van der Waals surface area contributed by atoms with Gasteiger partial charge in [-0.3, -0.25) is 4.79 Å². The van der Waals surface area contributed by atoms with E-state index in [1.165, 1.54) is 25.8 Å². The highest BCUT2D eigenvalue weighted by molar-refractivity contribution is 5.84. The van der Waals surface area contributed by atoms with Gasteiger partial charge < -0.3 is 16.0 Å². The van der Waals surface area contributed by atoms with Crippen molar-refractivity contribution in [3.8, 4) is 0 Å². The van der Waals surface area contributed by atoms with Crippen LogP contribution in [0.5, 0.6) is 0 Å². The third-order valence-electron chi connectivity index (χ3n) is 4.76. The maximum Gasteiger partial charge on any atom is 0.237 e. The second-order valence-corrected chi connectivity index (χ2v) is 6.98.